The van der Waals surface area contributed by atoms with Gasteiger partial charge in [0.1, 0.15) is 0 Å². The Morgan fingerprint density at radius 2 is 0.958 bits per heavy atom. The summed E-state index contributed by atoms with van der Waals surface area (Å²) >= 11 is 0. The van der Waals surface area contributed by atoms with E-state index in [1.54, 1.807) is 6.92 Å². The fourth-order valence-corrected chi connectivity index (χ4v) is 2.22. The Morgan fingerprint density at radius 3 is 1.29 bits per heavy atom. The summed E-state index contributed by atoms with van der Waals surface area (Å²) in [4.78, 5) is 10.7. The van der Waals surface area contributed by atoms with Crippen LogP contribution in [0.5, 0.6) is 0 Å². The standard InChI is InChI=1S/C17H40N6O/c1-17(24)23-16-6-15-22-14-5-13-21-12-4-11-20-10-3-9-19-8-2-7-18/h19-22H,2-16,18H2,1H3,(H,23,24). The smallest absolute Gasteiger partial charge is 0.216 e. The fraction of sp³-hybridized carbons (Fsp3) is 0.941. The van der Waals surface area contributed by atoms with Crippen molar-refractivity contribution in [3.8, 4) is 0 Å². The second-order valence-corrected chi connectivity index (χ2v) is 6.04. The number of hydrogen-bond donors (Lipinski definition) is 6. The molecule has 0 fully saturated rings. The van der Waals surface area contributed by atoms with E-state index >= 15 is 0 Å². The SMILES string of the molecule is CC(=O)NCCCNCCCNCCCNCCCNCCCN. The second kappa shape index (κ2) is 20.3. The molecule has 144 valence electrons. The van der Waals surface area contributed by atoms with Gasteiger partial charge >= 0.3 is 0 Å². The molecule has 0 radical (unpaired) electrons. The first kappa shape index (κ1) is 23.3. The van der Waals surface area contributed by atoms with Crippen molar-refractivity contribution in [2.75, 3.05) is 65.4 Å². The predicted octanol–water partition coefficient (Wildman–Crippen LogP) is -0.610. The Balaban J connectivity index is 2.97. The Labute approximate surface area is 148 Å². The summed E-state index contributed by atoms with van der Waals surface area (Å²) in [7, 11) is 0. The summed E-state index contributed by atoms with van der Waals surface area (Å²) in [5, 5.41) is 16.5. The molecule has 0 aromatic rings. The summed E-state index contributed by atoms with van der Waals surface area (Å²) in [6, 6.07) is 0. The molecule has 0 aliphatic carbocycles. The molecule has 0 aromatic heterocycles. The van der Waals surface area contributed by atoms with E-state index in [1.165, 1.54) is 12.8 Å². The van der Waals surface area contributed by atoms with E-state index in [2.05, 4.69) is 26.6 Å². The van der Waals surface area contributed by atoms with Gasteiger partial charge in [-0.05, 0) is 91.0 Å². The molecule has 0 saturated heterocycles. The van der Waals surface area contributed by atoms with Crippen LogP contribution >= 0.6 is 0 Å². The lowest BCUT2D eigenvalue weighted by Crippen LogP contribution is -2.28. The van der Waals surface area contributed by atoms with Gasteiger partial charge in [0.05, 0.1) is 0 Å². The third-order valence-electron chi connectivity index (χ3n) is 3.58. The highest BCUT2D eigenvalue weighted by atomic mass is 16.1. The second-order valence-electron chi connectivity index (χ2n) is 6.04. The molecule has 7 heteroatoms. The Hall–Kier alpha value is -0.730. The van der Waals surface area contributed by atoms with Crippen molar-refractivity contribution in [1.29, 1.82) is 0 Å². The quantitative estimate of drug-likeness (QED) is 0.175. The van der Waals surface area contributed by atoms with E-state index in [0.29, 0.717) is 0 Å². The minimum Gasteiger partial charge on any atom is -0.356 e. The normalized spacial score (nSPS) is 10.9. The molecule has 0 saturated carbocycles. The maximum absolute atomic E-state index is 10.7. The van der Waals surface area contributed by atoms with Crippen molar-refractivity contribution in [3.05, 3.63) is 0 Å². The summed E-state index contributed by atoms with van der Waals surface area (Å²) in [6.07, 6.45) is 5.53. The fourth-order valence-electron chi connectivity index (χ4n) is 2.22. The van der Waals surface area contributed by atoms with Gasteiger partial charge in [0.2, 0.25) is 5.91 Å². The molecule has 24 heavy (non-hydrogen) atoms. The number of rotatable bonds is 19. The maximum atomic E-state index is 10.7. The van der Waals surface area contributed by atoms with Gasteiger partial charge < -0.3 is 32.3 Å². The third-order valence-corrected chi connectivity index (χ3v) is 3.58. The van der Waals surface area contributed by atoms with Crippen molar-refractivity contribution < 1.29 is 4.79 Å². The number of hydrogen-bond acceptors (Lipinski definition) is 6. The van der Waals surface area contributed by atoms with Gasteiger partial charge in [-0.2, -0.15) is 0 Å². The van der Waals surface area contributed by atoms with Crippen LogP contribution in [-0.2, 0) is 4.79 Å². The molecule has 0 atom stereocenters. The van der Waals surface area contributed by atoms with E-state index in [4.69, 9.17) is 5.73 Å². The summed E-state index contributed by atoms with van der Waals surface area (Å²) < 4.78 is 0. The average Bonchev–Trinajstić information content (AvgIpc) is 2.56. The van der Waals surface area contributed by atoms with Gasteiger partial charge in [0, 0.05) is 13.5 Å². The van der Waals surface area contributed by atoms with Gasteiger partial charge in [0.25, 0.3) is 0 Å². The summed E-state index contributed by atoms with van der Waals surface area (Å²) in [5.41, 5.74) is 5.44. The van der Waals surface area contributed by atoms with Crippen LogP contribution in [0, 0.1) is 0 Å². The van der Waals surface area contributed by atoms with E-state index in [1.807, 2.05) is 0 Å². The van der Waals surface area contributed by atoms with Gasteiger partial charge in [-0.1, -0.05) is 0 Å². The molecule has 0 unspecified atom stereocenters. The van der Waals surface area contributed by atoms with E-state index in [0.717, 1.165) is 84.7 Å². The van der Waals surface area contributed by atoms with E-state index in [9.17, 15) is 4.79 Å². The molecule has 0 aliphatic heterocycles. The van der Waals surface area contributed by atoms with Crippen molar-refractivity contribution in [3.63, 3.8) is 0 Å². The van der Waals surface area contributed by atoms with Crippen LogP contribution < -0.4 is 32.3 Å². The topological polar surface area (TPSA) is 103 Å². The largest absolute Gasteiger partial charge is 0.356 e. The minimum atomic E-state index is 0.0490. The lowest BCUT2D eigenvalue weighted by Gasteiger charge is -2.08. The number of amides is 1. The predicted molar refractivity (Wildman–Crippen MR) is 102 cm³/mol. The number of carbonyl (C=O) groups is 1. The van der Waals surface area contributed by atoms with Crippen LogP contribution in [0.15, 0.2) is 0 Å². The number of carbonyl (C=O) groups excluding carboxylic acids is 1. The molecule has 0 heterocycles. The molecule has 0 aliphatic rings. The van der Waals surface area contributed by atoms with Crippen LogP contribution in [0.2, 0.25) is 0 Å². The van der Waals surface area contributed by atoms with E-state index in [-0.39, 0.29) is 5.91 Å². The van der Waals surface area contributed by atoms with Crippen LogP contribution in [0.25, 0.3) is 0 Å². The molecule has 0 rings (SSSR count). The molecular weight excluding hydrogens is 304 g/mol. The first-order valence-electron chi connectivity index (χ1n) is 9.54. The van der Waals surface area contributed by atoms with Gasteiger partial charge in [-0.25, -0.2) is 0 Å². The zero-order chi connectivity index (χ0) is 17.7. The highest BCUT2D eigenvalue weighted by molar-refractivity contribution is 5.72. The zero-order valence-electron chi connectivity index (χ0n) is 15.6. The molecule has 1 amide bonds. The Morgan fingerprint density at radius 1 is 0.625 bits per heavy atom. The first-order chi connectivity index (χ1) is 11.8. The molecule has 0 spiro atoms. The third kappa shape index (κ3) is 21.3. The molecule has 7 nitrogen and oxygen atoms in total. The van der Waals surface area contributed by atoms with Crippen LogP contribution in [0.1, 0.15) is 39.0 Å². The van der Waals surface area contributed by atoms with Crippen LogP contribution in [0.4, 0.5) is 0 Å². The first-order valence-corrected chi connectivity index (χ1v) is 9.54. The number of nitrogens with two attached hydrogens (primary N) is 1. The van der Waals surface area contributed by atoms with Crippen molar-refractivity contribution in [2.24, 2.45) is 5.73 Å². The molecular formula is C17H40N6O. The van der Waals surface area contributed by atoms with Gasteiger partial charge in [-0.15, -0.1) is 0 Å². The maximum Gasteiger partial charge on any atom is 0.216 e. The lowest BCUT2D eigenvalue weighted by molar-refractivity contribution is -0.118. The molecule has 0 aromatic carbocycles. The molecule has 0 bridgehead atoms. The number of nitrogens with one attached hydrogen (secondary N) is 5. The zero-order valence-corrected chi connectivity index (χ0v) is 15.6. The summed E-state index contributed by atoms with van der Waals surface area (Å²) in [6.45, 7) is 11.5. The van der Waals surface area contributed by atoms with Gasteiger partial charge in [0.15, 0.2) is 0 Å². The van der Waals surface area contributed by atoms with Crippen LogP contribution in [-0.4, -0.2) is 71.4 Å². The monoisotopic (exact) mass is 344 g/mol. The van der Waals surface area contributed by atoms with E-state index < -0.39 is 0 Å². The summed E-state index contributed by atoms with van der Waals surface area (Å²) in [5.74, 6) is 0.0490. The van der Waals surface area contributed by atoms with Gasteiger partial charge in [-0.3, -0.25) is 4.79 Å². The molecule has 7 N–H and O–H groups in total. The van der Waals surface area contributed by atoms with Crippen molar-refractivity contribution in [1.82, 2.24) is 26.6 Å². The Bertz CT molecular complexity index is 265. The minimum absolute atomic E-state index is 0.0490. The lowest BCUT2D eigenvalue weighted by atomic mass is 10.3. The van der Waals surface area contributed by atoms with Crippen molar-refractivity contribution >= 4 is 5.91 Å². The van der Waals surface area contributed by atoms with Crippen LogP contribution in [0.3, 0.4) is 0 Å². The Kier molecular flexibility index (Phi) is 19.7. The highest BCUT2D eigenvalue weighted by Crippen LogP contribution is 1.80. The van der Waals surface area contributed by atoms with Crippen molar-refractivity contribution in [2.45, 2.75) is 39.0 Å². The average molecular weight is 345 g/mol. The highest BCUT2D eigenvalue weighted by Gasteiger charge is 1.93.